The van der Waals surface area contributed by atoms with Gasteiger partial charge in [-0.05, 0) is 12.1 Å². The van der Waals surface area contributed by atoms with Gasteiger partial charge in [0.1, 0.15) is 0 Å². The summed E-state index contributed by atoms with van der Waals surface area (Å²) in [5, 5.41) is 10.7. The minimum atomic E-state index is -0.368. The van der Waals surface area contributed by atoms with E-state index >= 15 is 0 Å². The highest BCUT2D eigenvalue weighted by Gasteiger charge is 2.12. The predicted octanol–water partition coefficient (Wildman–Crippen LogP) is 0.883. The van der Waals surface area contributed by atoms with Crippen LogP contribution in [-0.4, -0.2) is 50.1 Å². The molecule has 2 rings (SSSR count). The molecule has 2 heterocycles. The van der Waals surface area contributed by atoms with Gasteiger partial charge in [0.15, 0.2) is 10.9 Å². The average molecular weight is 352 g/mol. The van der Waals surface area contributed by atoms with Crippen LogP contribution in [0.2, 0.25) is 0 Å². The molecule has 8 nitrogen and oxygen atoms in total. The number of anilines is 1. The van der Waals surface area contributed by atoms with Crippen LogP contribution in [0.5, 0.6) is 0 Å². The Labute approximate surface area is 143 Å². The van der Waals surface area contributed by atoms with E-state index in [2.05, 4.69) is 20.9 Å². The quantitative estimate of drug-likeness (QED) is 0.548. The first-order chi connectivity index (χ1) is 11.7. The standard InChI is InChI=1S/C15H20N4O4S/c1-22-8-6-16-4-5-17-13(20)9-11-10-24-15(18-11)19-14(21)12-3-2-7-23-12/h2-3,7,10,16H,4-6,8-9H2,1H3,(H,17,20)(H,18,19,21). The molecule has 2 amide bonds. The van der Waals surface area contributed by atoms with Crippen LogP contribution in [0.3, 0.4) is 0 Å². The second-order valence-corrected chi connectivity index (χ2v) is 5.70. The van der Waals surface area contributed by atoms with Crippen LogP contribution in [-0.2, 0) is 16.0 Å². The van der Waals surface area contributed by atoms with E-state index < -0.39 is 0 Å². The second-order valence-electron chi connectivity index (χ2n) is 4.84. The van der Waals surface area contributed by atoms with E-state index in [9.17, 15) is 9.59 Å². The number of furan rings is 1. The molecule has 0 atom stereocenters. The van der Waals surface area contributed by atoms with Crippen LogP contribution in [0.15, 0.2) is 28.2 Å². The van der Waals surface area contributed by atoms with Gasteiger partial charge in [-0.15, -0.1) is 11.3 Å². The number of rotatable bonds is 10. The average Bonchev–Trinajstić information content (AvgIpc) is 3.23. The molecule has 0 saturated heterocycles. The zero-order valence-corrected chi connectivity index (χ0v) is 14.1. The third-order valence-corrected chi connectivity index (χ3v) is 3.77. The Hall–Kier alpha value is -2.23. The SMILES string of the molecule is COCCNCCNC(=O)Cc1csc(NC(=O)c2ccco2)n1. The highest BCUT2D eigenvalue weighted by atomic mass is 32.1. The Morgan fingerprint density at radius 2 is 2.21 bits per heavy atom. The lowest BCUT2D eigenvalue weighted by atomic mass is 10.3. The van der Waals surface area contributed by atoms with Crippen molar-refractivity contribution in [1.82, 2.24) is 15.6 Å². The third-order valence-electron chi connectivity index (χ3n) is 2.97. The Morgan fingerprint density at radius 1 is 1.33 bits per heavy atom. The van der Waals surface area contributed by atoms with Crippen molar-refractivity contribution in [2.45, 2.75) is 6.42 Å². The molecular weight excluding hydrogens is 332 g/mol. The Bertz CT molecular complexity index is 642. The monoisotopic (exact) mass is 352 g/mol. The molecule has 0 fully saturated rings. The van der Waals surface area contributed by atoms with Crippen LogP contribution in [0.25, 0.3) is 0 Å². The maximum atomic E-state index is 11.8. The van der Waals surface area contributed by atoms with Gasteiger partial charge in [-0.2, -0.15) is 0 Å². The molecule has 24 heavy (non-hydrogen) atoms. The highest BCUT2D eigenvalue weighted by molar-refractivity contribution is 7.14. The lowest BCUT2D eigenvalue weighted by Crippen LogP contribution is -2.33. The molecule has 3 N–H and O–H groups in total. The van der Waals surface area contributed by atoms with Crippen molar-refractivity contribution in [3.05, 3.63) is 35.2 Å². The number of carbonyl (C=O) groups is 2. The lowest BCUT2D eigenvalue weighted by Gasteiger charge is -2.05. The molecule has 0 unspecified atom stereocenters. The minimum Gasteiger partial charge on any atom is -0.459 e. The molecular formula is C15H20N4O4S. The maximum absolute atomic E-state index is 11.8. The summed E-state index contributed by atoms with van der Waals surface area (Å²) in [6.45, 7) is 2.60. The van der Waals surface area contributed by atoms with Crippen LogP contribution in [0.1, 0.15) is 16.2 Å². The molecule has 0 radical (unpaired) electrons. The van der Waals surface area contributed by atoms with Crippen LogP contribution in [0, 0.1) is 0 Å². The molecule has 0 bridgehead atoms. The van der Waals surface area contributed by atoms with Gasteiger partial charge in [0, 0.05) is 32.1 Å². The predicted molar refractivity (Wildman–Crippen MR) is 90.2 cm³/mol. The number of amides is 2. The first-order valence-corrected chi connectivity index (χ1v) is 8.32. The molecule has 0 saturated carbocycles. The van der Waals surface area contributed by atoms with Crippen molar-refractivity contribution in [1.29, 1.82) is 0 Å². The van der Waals surface area contributed by atoms with E-state index in [1.807, 2.05) is 0 Å². The molecule has 0 aliphatic carbocycles. The summed E-state index contributed by atoms with van der Waals surface area (Å²) in [4.78, 5) is 27.9. The highest BCUT2D eigenvalue weighted by Crippen LogP contribution is 2.17. The topological polar surface area (TPSA) is 105 Å². The number of hydrogen-bond donors (Lipinski definition) is 3. The van der Waals surface area contributed by atoms with E-state index in [1.165, 1.54) is 17.6 Å². The largest absolute Gasteiger partial charge is 0.459 e. The number of carbonyl (C=O) groups excluding carboxylic acids is 2. The minimum absolute atomic E-state index is 0.113. The maximum Gasteiger partial charge on any atom is 0.293 e. The van der Waals surface area contributed by atoms with Crippen molar-refractivity contribution in [3.8, 4) is 0 Å². The van der Waals surface area contributed by atoms with Gasteiger partial charge >= 0.3 is 0 Å². The number of methoxy groups -OCH3 is 1. The van der Waals surface area contributed by atoms with Crippen LogP contribution >= 0.6 is 11.3 Å². The summed E-state index contributed by atoms with van der Waals surface area (Å²) in [5.74, 6) is -0.268. The van der Waals surface area contributed by atoms with Crippen molar-refractivity contribution < 1.29 is 18.7 Å². The van der Waals surface area contributed by atoms with E-state index in [1.54, 1.807) is 24.6 Å². The molecule has 2 aromatic heterocycles. The van der Waals surface area contributed by atoms with Crippen molar-refractivity contribution in [3.63, 3.8) is 0 Å². The smallest absolute Gasteiger partial charge is 0.293 e. The third kappa shape index (κ3) is 6.11. The summed E-state index contributed by atoms with van der Waals surface area (Å²) in [6, 6.07) is 3.20. The Balaban J connectivity index is 1.69. The summed E-state index contributed by atoms with van der Waals surface area (Å²) in [6.07, 6.45) is 1.60. The summed E-state index contributed by atoms with van der Waals surface area (Å²) in [7, 11) is 1.64. The van der Waals surface area contributed by atoms with Gasteiger partial charge in [-0.1, -0.05) is 0 Å². The number of hydrogen-bond acceptors (Lipinski definition) is 7. The normalized spacial score (nSPS) is 10.5. The van der Waals surface area contributed by atoms with Gasteiger partial charge in [-0.25, -0.2) is 4.98 Å². The summed E-state index contributed by atoms with van der Waals surface area (Å²) >= 11 is 1.26. The van der Waals surface area contributed by atoms with Gasteiger partial charge in [-0.3, -0.25) is 14.9 Å². The molecule has 130 valence electrons. The van der Waals surface area contributed by atoms with Gasteiger partial charge in [0.2, 0.25) is 5.91 Å². The van der Waals surface area contributed by atoms with Crippen LogP contribution < -0.4 is 16.0 Å². The van der Waals surface area contributed by atoms with E-state index in [0.717, 1.165) is 6.54 Å². The molecule has 0 spiro atoms. The molecule has 2 aromatic rings. The number of ether oxygens (including phenoxy) is 1. The zero-order chi connectivity index (χ0) is 17.2. The van der Waals surface area contributed by atoms with E-state index in [0.29, 0.717) is 30.5 Å². The van der Waals surface area contributed by atoms with Gasteiger partial charge in [0.05, 0.1) is 25.0 Å². The Morgan fingerprint density at radius 3 is 2.96 bits per heavy atom. The van der Waals surface area contributed by atoms with Crippen molar-refractivity contribution in [2.24, 2.45) is 0 Å². The fourth-order valence-electron chi connectivity index (χ4n) is 1.83. The fourth-order valence-corrected chi connectivity index (χ4v) is 2.53. The summed E-state index contributed by atoms with van der Waals surface area (Å²) < 4.78 is 9.91. The first kappa shape index (κ1) is 18.1. The van der Waals surface area contributed by atoms with E-state index in [-0.39, 0.29) is 24.0 Å². The summed E-state index contributed by atoms with van der Waals surface area (Å²) in [5.41, 5.74) is 0.611. The van der Waals surface area contributed by atoms with Crippen molar-refractivity contribution in [2.75, 3.05) is 38.7 Å². The number of aromatic nitrogens is 1. The molecule has 9 heteroatoms. The Kier molecular flexibility index (Phi) is 7.40. The lowest BCUT2D eigenvalue weighted by molar-refractivity contribution is -0.120. The fraction of sp³-hybridized carbons (Fsp3) is 0.400. The van der Waals surface area contributed by atoms with Crippen LogP contribution in [0.4, 0.5) is 5.13 Å². The molecule has 0 aliphatic rings. The number of nitrogens with zero attached hydrogens (tertiary/aromatic N) is 1. The number of nitrogens with one attached hydrogen (secondary N) is 3. The molecule has 0 aromatic carbocycles. The number of thiazole rings is 1. The van der Waals surface area contributed by atoms with Gasteiger partial charge < -0.3 is 19.8 Å². The molecule has 0 aliphatic heterocycles. The van der Waals surface area contributed by atoms with E-state index in [4.69, 9.17) is 9.15 Å². The van der Waals surface area contributed by atoms with Crippen molar-refractivity contribution >= 4 is 28.3 Å². The first-order valence-electron chi connectivity index (χ1n) is 7.44. The zero-order valence-electron chi connectivity index (χ0n) is 13.3. The second kappa shape index (κ2) is 9.81. The van der Waals surface area contributed by atoms with Gasteiger partial charge in [0.25, 0.3) is 5.91 Å².